The molecular weight excluding hydrogens is 340 g/mol. The number of carbonyl (C=O) groups excluding carboxylic acids is 2. The number of rotatable bonds is 7. The lowest BCUT2D eigenvalue weighted by atomic mass is 10.0. The Morgan fingerprint density at radius 3 is 2.28 bits per heavy atom. The van der Waals surface area contributed by atoms with Crippen LogP contribution >= 0.6 is 0 Å². The normalized spacial score (nSPS) is 12.4. The van der Waals surface area contributed by atoms with Gasteiger partial charge in [-0.05, 0) is 23.3 Å². The number of primary amides is 1. The second-order valence-electron chi connectivity index (χ2n) is 5.89. The van der Waals surface area contributed by atoms with Crippen molar-refractivity contribution in [2.75, 3.05) is 6.26 Å². The van der Waals surface area contributed by atoms with E-state index in [-0.39, 0.29) is 17.7 Å². The molecule has 0 spiro atoms. The fourth-order valence-electron chi connectivity index (χ4n) is 2.42. The summed E-state index contributed by atoms with van der Waals surface area (Å²) in [6, 6.07) is 14.7. The number of benzene rings is 2. The molecule has 0 aliphatic rings. The van der Waals surface area contributed by atoms with Crippen LogP contribution in [-0.2, 0) is 26.8 Å². The van der Waals surface area contributed by atoms with Crippen LogP contribution in [0.25, 0.3) is 0 Å². The highest BCUT2D eigenvalue weighted by atomic mass is 32.2. The molecule has 2 aromatic carbocycles. The van der Waals surface area contributed by atoms with E-state index < -0.39 is 27.7 Å². The fourth-order valence-corrected chi connectivity index (χ4v) is 3.20. The minimum atomic E-state index is -3.20. The summed E-state index contributed by atoms with van der Waals surface area (Å²) in [6.07, 6.45) is 1.41. The molecule has 3 N–H and O–H groups in total. The first kappa shape index (κ1) is 18.7. The minimum absolute atomic E-state index is 0.155. The maximum absolute atomic E-state index is 12.4. The Labute approximate surface area is 147 Å². The molecule has 2 aromatic rings. The molecule has 1 atom stereocenters. The average Bonchev–Trinajstić information content (AvgIpc) is 2.53. The third kappa shape index (κ3) is 6.04. The monoisotopic (exact) mass is 360 g/mol. The van der Waals surface area contributed by atoms with Gasteiger partial charge in [-0.1, -0.05) is 42.5 Å². The number of nitrogens with one attached hydrogen (secondary N) is 1. The molecule has 0 saturated carbocycles. The van der Waals surface area contributed by atoms with Gasteiger partial charge < -0.3 is 11.1 Å². The van der Waals surface area contributed by atoms with E-state index in [0.717, 1.165) is 11.8 Å². The van der Waals surface area contributed by atoms with Crippen LogP contribution in [0, 0.1) is 0 Å². The van der Waals surface area contributed by atoms with Gasteiger partial charge in [-0.2, -0.15) is 0 Å². The summed E-state index contributed by atoms with van der Waals surface area (Å²) >= 11 is 0. The van der Waals surface area contributed by atoms with Gasteiger partial charge in [0.05, 0.1) is 5.75 Å². The molecule has 6 nitrogen and oxygen atoms in total. The number of sulfone groups is 1. The van der Waals surface area contributed by atoms with Crippen molar-refractivity contribution in [3.05, 3.63) is 71.3 Å². The summed E-state index contributed by atoms with van der Waals surface area (Å²) in [5.41, 5.74) is 7.05. The molecule has 0 aromatic heterocycles. The van der Waals surface area contributed by atoms with Crippen molar-refractivity contribution in [3.8, 4) is 0 Å². The van der Waals surface area contributed by atoms with E-state index in [1.54, 1.807) is 18.2 Å². The van der Waals surface area contributed by atoms with Crippen LogP contribution in [-0.4, -0.2) is 32.5 Å². The molecule has 7 heteroatoms. The standard InChI is InChI=1S/C18H20N2O4S/c1-25(23,24)12-14-8-5-9-15(10-14)18(22)20-16(17(19)21)11-13-6-3-2-4-7-13/h2-10,16H,11-12H2,1H3,(H2,19,21)(H,20,22). The maximum Gasteiger partial charge on any atom is 0.251 e. The van der Waals surface area contributed by atoms with Crippen LogP contribution in [0.15, 0.2) is 54.6 Å². The molecule has 0 aliphatic carbocycles. The van der Waals surface area contributed by atoms with Gasteiger partial charge in [-0.25, -0.2) is 8.42 Å². The van der Waals surface area contributed by atoms with Crippen molar-refractivity contribution in [2.45, 2.75) is 18.2 Å². The Morgan fingerprint density at radius 2 is 1.68 bits per heavy atom. The molecule has 0 bridgehead atoms. The number of hydrogen-bond acceptors (Lipinski definition) is 4. The van der Waals surface area contributed by atoms with Crippen molar-refractivity contribution in [3.63, 3.8) is 0 Å². The summed E-state index contributed by atoms with van der Waals surface area (Å²) in [5.74, 6) is -1.27. The maximum atomic E-state index is 12.4. The summed E-state index contributed by atoms with van der Waals surface area (Å²) in [6.45, 7) is 0. The quantitative estimate of drug-likeness (QED) is 0.770. The molecule has 2 amide bonds. The zero-order chi connectivity index (χ0) is 18.4. The Hall–Kier alpha value is -2.67. The van der Waals surface area contributed by atoms with Crippen LogP contribution in [0.5, 0.6) is 0 Å². The molecule has 25 heavy (non-hydrogen) atoms. The second kappa shape index (κ2) is 7.94. The van der Waals surface area contributed by atoms with E-state index >= 15 is 0 Å². The van der Waals surface area contributed by atoms with Crippen LogP contribution in [0.1, 0.15) is 21.5 Å². The first-order valence-electron chi connectivity index (χ1n) is 7.65. The zero-order valence-corrected chi connectivity index (χ0v) is 14.6. The van der Waals surface area contributed by atoms with Crippen molar-refractivity contribution in [2.24, 2.45) is 5.73 Å². The Kier molecular flexibility index (Phi) is 5.93. The van der Waals surface area contributed by atoms with Crippen LogP contribution < -0.4 is 11.1 Å². The summed E-state index contributed by atoms with van der Waals surface area (Å²) < 4.78 is 22.8. The average molecular weight is 360 g/mol. The highest BCUT2D eigenvalue weighted by Crippen LogP contribution is 2.10. The van der Waals surface area contributed by atoms with Crippen LogP contribution in [0.4, 0.5) is 0 Å². The lowest BCUT2D eigenvalue weighted by molar-refractivity contribution is -0.119. The van der Waals surface area contributed by atoms with E-state index in [2.05, 4.69) is 5.32 Å². The predicted octanol–water partition coefficient (Wildman–Crippen LogP) is 1.06. The minimum Gasteiger partial charge on any atom is -0.368 e. The zero-order valence-electron chi connectivity index (χ0n) is 13.8. The number of hydrogen-bond donors (Lipinski definition) is 2. The van der Waals surface area contributed by atoms with Gasteiger partial charge in [0.1, 0.15) is 6.04 Å². The second-order valence-corrected chi connectivity index (χ2v) is 8.03. The van der Waals surface area contributed by atoms with Crippen molar-refractivity contribution in [1.82, 2.24) is 5.32 Å². The molecule has 0 heterocycles. The molecule has 2 rings (SSSR count). The third-order valence-electron chi connectivity index (χ3n) is 3.55. The Morgan fingerprint density at radius 1 is 1.04 bits per heavy atom. The van der Waals surface area contributed by atoms with Gasteiger partial charge >= 0.3 is 0 Å². The summed E-state index contributed by atoms with van der Waals surface area (Å²) in [4.78, 5) is 24.1. The molecule has 1 unspecified atom stereocenters. The Bertz CT molecular complexity index is 864. The SMILES string of the molecule is CS(=O)(=O)Cc1cccc(C(=O)NC(Cc2ccccc2)C(N)=O)c1. The summed E-state index contributed by atoms with van der Waals surface area (Å²) in [5, 5.41) is 2.61. The lowest BCUT2D eigenvalue weighted by Crippen LogP contribution is -2.45. The first-order chi connectivity index (χ1) is 11.7. The van der Waals surface area contributed by atoms with Crippen LogP contribution in [0.2, 0.25) is 0 Å². The van der Waals surface area contributed by atoms with Gasteiger partial charge in [-0.3, -0.25) is 9.59 Å². The predicted molar refractivity (Wildman–Crippen MR) is 95.6 cm³/mol. The molecule has 0 saturated heterocycles. The van der Waals surface area contributed by atoms with E-state index in [9.17, 15) is 18.0 Å². The topological polar surface area (TPSA) is 106 Å². The number of nitrogens with two attached hydrogens (primary N) is 1. The van der Waals surface area contributed by atoms with E-state index in [0.29, 0.717) is 5.56 Å². The summed E-state index contributed by atoms with van der Waals surface area (Å²) in [7, 11) is -3.20. The van der Waals surface area contributed by atoms with E-state index in [4.69, 9.17) is 5.73 Å². The lowest BCUT2D eigenvalue weighted by Gasteiger charge is -2.16. The highest BCUT2D eigenvalue weighted by molar-refractivity contribution is 7.89. The van der Waals surface area contributed by atoms with Crippen molar-refractivity contribution >= 4 is 21.7 Å². The van der Waals surface area contributed by atoms with E-state index in [1.807, 2.05) is 30.3 Å². The molecule has 0 fully saturated rings. The smallest absolute Gasteiger partial charge is 0.251 e. The van der Waals surface area contributed by atoms with Gasteiger partial charge in [0.15, 0.2) is 9.84 Å². The van der Waals surface area contributed by atoms with Crippen LogP contribution in [0.3, 0.4) is 0 Å². The third-order valence-corrected chi connectivity index (χ3v) is 4.41. The number of amides is 2. The highest BCUT2D eigenvalue weighted by Gasteiger charge is 2.19. The van der Waals surface area contributed by atoms with Gasteiger partial charge in [0.25, 0.3) is 5.91 Å². The number of carbonyl (C=O) groups is 2. The first-order valence-corrected chi connectivity index (χ1v) is 9.71. The molecular formula is C18H20N2O4S. The molecule has 0 aliphatic heterocycles. The molecule has 132 valence electrons. The Balaban J connectivity index is 2.13. The molecule has 0 radical (unpaired) electrons. The van der Waals surface area contributed by atoms with Crippen molar-refractivity contribution < 1.29 is 18.0 Å². The van der Waals surface area contributed by atoms with Crippen molar-refractivity contribution in [1.29, 1.82) is 0 Å². The van der Waals surface area contributed by atoms with Gasteiger partial charge in [0.2, 0.25) is 5.91 Å². The van der Waals surface area contributed by atoms with Gasteiger partial charge in [-0.15, -0.1) is 0 Å². The largest absolute Gasteiger partial charge is 0.368 e. The van der Waals surface area contributed by atoms with E-state index in [1.165, 1.54) is 6.07 Å². The fraction of sp³-hybridized carbons (Fsp3) is 0.222. The van der Waals surface area contributed by atoms with Gasteiger partial charge in [0, 0.05) is 18.2 Å².